The fraction of sp³-hybridized carbons (Fsp3) is 0.200. The SMILES string of the molecule is CN(Cc1ccccn1)Cc1ccc(C(=N)N)cc1Cl. The van der Waals surface area contributed by atoms with E-state index in [-0.39, 0.29) is 5.84 Å². The fourth-order valence-electron chi connectivity index (χ4n) is 1.96. The van der Waals surface area contributed by atoms with Crippen LogP contribution in [0.25, 0.3) is 0 Å². The Bertz CT molecular complexity index is 598. The molecular formula is C15H17ClN4. The molecule has 0 bridgehead atoms. The molecule has 4 nitrogen and oxygen atoms in total. The van der Waals surface area contributed by atoms with Crippen LogP contribution in [0.1, 0.15) is 16.8 Å². The normalized spacial score (nSPS) is 10.8. The number of nitrogen functional groups attached to an aromatic ring is 1. The van der Waals surface area contributed by atoms with Gasteiger partial charge < -0.3 is 5.73 Å². The van der Waals surface area contributed by atoms with E-state index >= 15 is 0 Å². The molecule has 1 aromatic carbocycles. The maximum absolute atomic E-state index is 7.39. The van der Waals surface area contributed by atoms with Crippen molar-refractivity contribution in [3.8, 4) is 0 Å². The topological polar surface area (TPSA) is 66.0 Å². The number of hydrogen-bond donors (Lipinski definition) is 2. The van der Waals surface area contributed by atoms with Crippen LogP contribution in [0.15, 0.2) is 42.6 Å². The van der Waals surface area contributed by atoms with Crippen molar-refractivity contribution < 1.29 is 0 Å². The second-order valence-corrected chi connectivity index (χ2v) is 5.12. The molecule has 3 N–H and O–H groups in total. The molecule has 0 atom stereocenters. The van der Waals surface area contributed by atoms with E-state index in [9.17, 15) is 0 Å². The standard InChI is InChI=1S/C15H17ClN4/c1-20(10-13-4-2-3-7-19-13)9-12-6-5-11(15(17)18)8-14(12)16/h2-8H,9-10H2,1H3,(H3,17,18). The lowest BCUT2D eigenvalue weighted by atomic mass is 10.1. The molecule has 0 amide bonds. The molecule has 0 aliphatic rings. The fourth-order valence-corrected chi connectivity index (χ4v) is 2.20. The predicted molar refractivity (Wildman–Crippen MR) is 81.9 cm³/mol. The quantitative estimate of drug-likeness (QED) is 0.656. The summed E-state index contributed by atoms with van der Waals surface area (Å²) in [5.74, 6) is 0.0280. The van der Waals surface area contributed by atoms with Crippen LogP contribution >= 0.6 is 11.6 Å². The Balaban J connectivity index is 2.04. The molecule has 1 aromatic heterocycles. The van der Waals surface area contributed by atoms with Crippen LogP contribution in [0, 0.1) is 5.41 Å². The van der Waals surface area contributed by atoms with E-state index in [0.29, 0.717) is 17.1 Å². The molecule has 2 aromatic rings. The summed E-state index contributed by atoms with van der Waals surface area (Å²) in [5, 5.41) is 8.02. The van der Waals surface area contributed by atoms with Crippen LogP contribution in [0.5, 0.6) is 0 Å². The van der Waals surface area contributed by atoms with Crippen molar-refractivity contribution in [1.29, 1.82) is 5.41 Å². The van der Waals surface area contributed by atoms with Crippen molar-refractivity contribution in [1.82, 2.24) is 9.88 Å². The molecule has 0 aliphatic carbocycles. The number of hydrogen-bond acceptors (Lipinski definition) is 3. The van der Waals surface area contributed by atoms with Gasteiger partial charge >= 0.3 is 0 Å². The van der Waals surface area contributed by atoms with Crippen molar-refractivity contribution >= 4 is 17.4 Å². The molecule has 0 aliphatic heterocycles. The molecule has 0 spiro atoms. The van der Waals surface area contributed by atoms with Gasteiger partial charge in [0, 0.05) is 29.9 Å². The van der Waals surface area contributed by atoms with Crippen LogP contribution < -0.4 is 5.73 Å². The number of rotatable bonds is 5. The molecule has 2 rings (SSSR count). The zero-order chi connectivity index (χ0) is 14.5. The summed E-state index contributed by atoms with van der Waals surface area (Å²) in [4.78, 5) is 6.44. The van der Waals surface area contributed by atoms with E-state index in [1.807, 2.05) is 37.4 Å². The van der Waals surface area contributed by atoms with Gasteiger partial charge in [0.05, 0.1) is 5.69 Å². The highest BCUT2D eigenvalue weighted by Crippen LogP contribution is 2.19. The van der Waals surface area contributed by atoms with Crippen molar-refractivity contribution in [3.05, 3.63) is 64.4 Å². The average molecular weight is 289 g/mol. The predicted octanol–water partition coefficient (Wildman–Crippen LogP) is 2.65. The van der Waals surface area contributed by atoms with E-state index in [4.69, 9.17) is 22.7 Å². The van der Waals surface area contributed by atoms with Gasteiger partial charge in [-0.2, -0.15) is 0 Å². The van der Waals surface area contributed by atoms with Crippen LogP contribution in [0.3, 0.4) is 0 Å². The molecule has 104 valence electrons. The highest BCUT2D eigenvalue weighted by molar-refractivity contribution is 6.31. The van der Waals surface area contributed by atoms with Gasteiger partial charge in [-0.1, -0.05) is 29.8 Å². The average Bonchev–Trinajstić information content (AvgIpc) is 2.42. The summed E-state index contributed by atoms with van der Waals surface area (Å²) in [6, 6.07) is 11.3. The number of aromatic nitrogens is 1. The minimum atomic E-state index is 0.0280. The minimum absolute atomic E-state index is 0.0280. The zero-order valence-electron chi connectivity index (χ0n) is 11.3. The first-order chi connectivity index (χ1) is 9.56. The molecule has 0 saturated heterocycles. The van der Waals surface area contributed by atoms with E-state index in [1.54, 1.807) is 12.3 Å². The van der Waals surface area contributed by atoms with Crippen LogP contribution in [-0.4, -0.2) is 22.8 Å². The largest absolute Gasteiger partial charge is 0.384 e. The Morgan fingerprint density at radius 2 is 2.10 bits per heavy atom. The number of nitrogens with zero attached hydrogens (tertiary/aromatic N) is 2. The van der Waals surface area contributed by atoms with E-state index in [2.05, 4.69) is 9.88 Å². The van der Waals surface area contributed by atoms with Gasteiger partial charge in [0.15, 0.2) is 0 Å². The lowest BCUT2D eigenvalue weighted by Gasteiger charge is -2.17. The lowest BCUT2D eigenvalue weighted by molar-refractivity contribution is 0.315. The maximum atomic E-state index is 7.39. The molecule has 0 saturated carbocycles. The summed E-state index contributed by atoms with van der Waals surface area (Å²) in [5.41, 5.74) is 8.12. The summed E-state index contributed by atoms with van der Waals surface area (Å²) in [7, 11) is 2.02. The van der Waals surface area contributed by atoms with Crippen LogP contribution in [0.2, 0.25) is 5.02 Å². The number of pyridine rings is 1. The number of halogens is 1. The minimum Gasteiger partial charge on any atom is -0.384 e. The molecule has 5 heteroatoms. The Labute approximate surface area is 123 Å². The van der Waals surface area contributed by atoms with E-state index in [0.717, 1.165) is 17.8 Å². The second kappa shape index (κ2) is 6.50. The van der Waals surface area contributed by atoms with E-state index < -0.39 is 0 Å². The molecule has 0 fully saturated rings. The molecule has 20 heavy (non-hydrogen) atoms. The van der Waals surface area contributed by atoms with E-state index in [1.165, 1.54) is 0 Å². The third kappa shape index (κ3) is 3.79. The second-order valence-electron chi connectivity index (χ2n) is 4.71. The number of benzene rings is 1. The number of nitrogens with two attached hydrogens (primary N) is 1. The Hall–Kier alpha value is -1.91. The Morgan fingerprint density at radius 1 is 1.30 bits per heavy atom. The number of nitrogens with one attached hydrogen (secondary N) is 1. The van der Waals surface area contributed by atoms with Gasteiger partial charge in [-0.15, -0.1) is 0 Å². The molecule has 0 unspecified atom stereocenters. The molecule has 1 heterocycles. The van der Waals surface area contributed by atoms with Gasteiger partial charge in [0.25, 0.3) is 0 Å². The van der Waals surface area contributed by atoms with Crippen LogP contribution in [0.4, 0.5) is 0 Å². The lowest BCUT2D eigenvalue weighted by Crippen LogP contribution is -2.18. The van der Waals surface area contributed by atoms with Gasteiger partial charge in [-0.25, -0.2) is 0 Å². The molecule has 0 radical (unpaired) electrons. The third-order valence-corrected chi connectivity index (χ3v) is 3.31. The maximum Gasteiger partial charge on any atom is 0.122 e. The summed E-state index contributed by atoms with van der Waals surface area (Å²) < 4.78 is 0. The van der Waals surface area contributed by atoms with Gasteiger partial charge in [-0.3, -0.25) is 15.3 Å². The molecular weight excluding hydrogens is 272 g/mol. The summed E-state index contributed by atoms with van der Waals surface area (Å²) >= 11 is 6.23. The van der Waals surface area contributed by atoms with Gasteiger partial charge in [0.2, 0.25) is 0 Å². The first kappa shape index (κ1) is 14.5. The summed E-state index contributed by atoms with van der Waals surface area (Å²) in [6.07, 6.45) is 1.79. The monoisotopic (exact) mass is 288 g/mol. The van der Waals surface area contributed by atoms with Gasteiger partial charge in [0.1, 0.15) is 5.84 Å². The van der Waals surface area contributed by atoms with Crippen molar-refractivity contribution in [2.24, 2.45) is 5.73 Å². The third-order valence-electron chi connectivity index (χ3n) is 2.96. The Kier molecular flexibility index (Phi) is 4.71. The van der Waals surface area contributed by atoms with Gasteiger partial charge in [-0.05, 0) is 30.8 Å². The summed E-state index contributed by atoms with van der Waals surface area (Å²) in [6.45, 7) is 1.47. The van der Waals surface area contributed by atoms with Crippen molar-refractivity contribution in [3.63, 3.8) is 0 Å². The Morgan fingerprint density at radius 3 is 2.70 bits per heavy atom. The van der Waals surface area contributed by atoms with Crippen molar-refractivity contribution in [2.75, 3.05) is 7.05 Å². The first-order valence-corrected chi connectivity index (χ1v) is 6.65. The number of amidine groups is 1. The zero-order valence-corrected chi connectivity index (χ0v) is 12.1. The smallest absolute Gasteiger partial charge is 0.122 e. The highest BCUT2D eigenvalue weighted by atomic mass is 35.5. The first-order valence-electron chi connectivity index (χ1n) is 6.27. The van der Waals surface area contributed by atoms with Crippen molar-refractivity contribution in [2.45, 2.75) is 13.1 Å². The van der Waals surface area contributed by atoms with Crippen LogP contribution in [-0.2, 0) is 13.1 Å². The highest BCUT2D eigenvalue weighted by Gasteiger charge is 2.07.